The van der Waals surface area contributed by atoms with Crippen molar-refractivity contribution in [1.82, 2.24) is 5.32 Å². The van der Waals surface area contributed by atoms with Gasteiger partial charge in [0, 0.05) is 10.8 Å². The van der Waals surface area contributed by atoms with E-state index in [2.05, 4.69) is 29.5 Å². The summed E-state index contributed by atoms with van der Waals surface area (Å²) in [7, 11) is 0. The first-order chi connectivity index (χ1) is 19.3. The second-order valence-corrected chi connectivity index (χ2v) is 9.21. The van der Waals surface area contributed by atoms with Gasteiger partial charge in [0.05, 0.1) is 6.61 Å². The summed E-state index contributed by atoms with van der Waals surface area (Å²) < 4.78 is 11.0. The second kappa shape index (κ2) is 17.2. The molecule has 3 aromatic rings. The predicted molar refractivity (Wildman–Crippen MR) is 159 cm³/mol. The van der Waals surface area contributed by atoms with Gasteiger partial charge in [0.1, 0.15) is 13.2 Å². The topological polar surface area (TPSA) is 99.3 Å². The van der Waals surface area contributed by atoms with Gasteiger partial charge in [-0.2, -0.15) is 12.1 Å². The van der Waals surface area contributed by atoms with E-state index < -0.39 is 11.9 Å². The van der Waals surface area contributed by atoms with Crippen LogP contribution >= 0.6 is 11.6 Å². The molecule has 0 fully saturated rings. The number of hydrogen-bond acceptors (Lipinski definition) is 4. The zero-order valence-corrected chi connectivity index (χ0v) is 24.5. The Kier molecular flexibility index (Phi) is 14.1. The summed E-state index contributed by atoms with van der Waals surface area (Å²) >= 11 is 6.35. The molecule has 9 heteroatoms. The van der Waals surface area contributed by atoms with Crippen molar-refractivity contribution in [2.75, 3.05) is 13.2 Å². The molecule has 0 radical (unpaired) electrons. The third-order valence-electron chi connectivity index (χ3n) is 5.65. The van der Waals surface area contributed by atoms with E-state index in [1.54, 1.807) is 13.0 Å². The summed E-state index contributed by atoms with van der Waals surface area (Å²) in [6, 6.07) is 20.7. The molecule has 0 aromatic heterocycles. The van der Waals surface area contributed by atoms with Crippen molar-refractivity contribution in [3.8, 4) is 11.1 Å². The quantitative estimate of drug-likeness (QED) is 0.0695. The Morgan fingerprint density at radius 2 is 1.78 bits per heavy atom. The average Bonchev–Trinajstić information content (AvgIpc) is 2.94. The van der Waals surface area contributed by atoms with Crippen molar-refractivity contribution >= 4 is 41.3 Å². The Bertz CT molecular complexity index is 1410. The number of rotatable bonds is 12. The van der Waals surface area contributed by atoms with Crippen LogP contribution in [0.1, 0.15) is 49.4 Å². The van der Waals surface area contributed by atoms with Crippen LogP contribution in [0.2, 0.25) is 5.02 Å². The summed E-state index contributed by atoms with van der Waals surface area (Å²) in [5, 5.41) is 12.9. The van der Waals surface area contributed by atoms with Crippen LogP contribution in [0.25, 0.3) is 22.3 Å². The summed E-state index contributed by atoms with van der Waals surface area (Å²) in [4.78, 5) is 28.7. The van der Waals surface area contributed by atoms with Crippen LogP contribution in [0.15, 0.2) is 71.7 Å². The SMILES string of the molecule is CCCc1ccc(C(=[C-]C(=O)NCC(=O)OCC)OCc2ccccc2)c([C-]=NC(C)=[N-])c1-c1cccc(Cl)c1.[Li+]. The Labute approximate surface area is 258 Å². The molecule has 41 heavy (non-hydrogen) atoms. The van der Waals surface area contributed by atoms with Crippen LogP contribution in [-0.2, 0) is 32.1 Å². The molecule has 0 atom stereocenters. The zero-order valence-electron chi connectivity index (χ0n) is 23.8. The monoisotopic (exact) mass is 563 g/mol. The van der Waals surface area contributed by atoms with E-state index in [1.165, 1.54) is 6.92 Å². The van der Waals surface area contributed by atoms with E-state index in [1.807, 2.05) is 60.7 Å². The molecular formula is C32H31ClLiN3O4-2. The molecule has 0 saturated carbocycles. The fourth-order valence-corrected chi connectivity index (χ4v) is 4.15. The minimum Gasteiger partial charge on any atom is -0.540 e. The van der Waals surface area contributed by atoms with E-state index in [9.17, 15) is 15.0 Å². The third-order valence-corrected chi connectivity index (χ3v) is 5.89. The predicted octanol–water partition coefficient (Wildman–Crippen LogP) is 3.29. The van der Waals surface area contributed by atoms with Crippen LogP contribution in [0.4, 0.5) is 0 Å². The van der Waals surface area contributed by atoms with Crippen LogP contribution in [0.5, 0.6) is 0 Å². The maximum absolute atomic E-state index is 12.9. The van der Waals surface area contributed by atoms with Gasteiger partial charge in [0.2, 0.25) is 0 Å². The second-order valence-electron chi connectivity index (χ2n) is 8.77. The van der Waals surface area contributed by atoms with Crippen molar-refractivity contribution < 1.29 is 37.9 Å². The van der Waals surface area contributed by atoms with E-state index in [4.69, 9.17) is 21.1 Å². The van der Waals surface area contributed by atoms with E-state index in [-0.39, 0.29) is 50.2 Å². The molecule has 0 spiro atoms. The molecule has 0 aliphatic rings. The number of amidine groups is 1. The average molecular weight is 564 g/mol. The number of ether oxygens (including phenoxy) is 2. The molecule has 0 aliphatic carbocycles. The van der Waals surface area contributed by atoms with Gasteiger partial charge in [-0.1, -0.05) is 109 Å². The first kappa shape index (κ1) is 33.6. The number of amides is 1. The van der Waals surface area contributed by atoms with Crippen LogP contribution in [0, 0.1) is 6.08 Å². The number of carbonyl (C=O) groups excluding carboxylic acids is 2. The molecular weight excluding hydrogens is 533 g/mol. The molecule has 7 nitrogen and oxygen atoms in total. The van der Waals surface area contributed by atoms with E-state index in [0.717, 1.165) is 35.1 Å². The summed E-state index contributed by atoms with van der Waals surface area (Å²) in [6.07, 6.45) is 7.33. The van der Waals surface area contributed by atoms with Crippen LogP contribution in [0.3, 0.4) is 0 Å². The molecule has 1 N–H and O–H groups in total. The number of halogens is 1. The number of carbonyl (C=O) groups is 2. The van der Waals surface area contributed by atoms with Gasteiger partial charge < -0.3 is 25.2 Å². The van der Waals surface area contributed by atoms with Crippen LogP contribution < -0.4 is 24.2 Å². The number of benzene rings is 3. The van der Waals surface area contributed by atoms with Gasteiger partial charge in [-0.25, -0.2) is 0 Å². The maximum Gasteiger partial charge on any atom is 1.00 e. The summed E-state index contributed by atoms with van der Waals surface area (Å²) in [5.41, 5.74) is 4.47. The minimum atomic E-state index is -0.661. The van der Waals surface area contributed by atoms with Crippen molar-refractivity contribution in [3.63, 3.8) is 0 Å². The van der Waals surface area contributed by atoms with Gasteiger partial charge in [0.15, 0.2) is 5.91 Å². The van der Waals surface area contributed by atoms with E-state index >= 15 is 0 Å². The van der Waals surface area contributed by atoms with Gasteiger partial charge in [-0.3, -0.25) is 9.59 Å². The fourth-order valence-electron chi connectivity index (χ4n) is 3.96. The Morgan fingerprint density at radius 1 is 1.02 bits per heavy atom. The van der Waals surface area contributed by atoms with Crippen molar-refractivity contribution in [2.24, 2.45) is 4.99 Å². The third kappa shape index (κ3) is 10.4. The van der Waals surface area contributed by atoms with Crippen molar-refractivity contribution in [3.05, 3.63) is 105 Å². The molecule has 208 valence electrons. The normalized spacial score (nSPS) is 11.1. The smallest absolute Gasteiger partial charge is 0.540 e. The van der Waals surface area contributed by atoms with Crippen molar-refractivity contribution in [1.29, 1.82) is 0 Å². The number of aliphatic imine (C=N–C) groups is 1. The molecule has 0 heterocycles. The molecule has 1 amide bonds. The Balaban J connectivity index is 0.00000588. The molecule has 3 aromatic carbocycles. The zero-order chi connectivity index (χ0) is 28.9. The summed E-state index contributed by atoms with van der Waals surface area (Å²) in [5.74, 6) is -1.29. The number of hydrogen-bond donors (Lipinski definition) is 1. The first-order valence-electron chi connectivity index (χ1n) is 13.0. The fraction of sp³-hybridized carbons (Fsp3) is 0.250. The van der Waals surface area contributed by atoms with Gasteiger partial charge in [0.25, 0.3) is 0 Å². The number of esters is 1. The number of aryl methyl sites for hydroxylation is 1. The van der Waals surface area contributed by atoms with Gasteiger partial charge in [-0.05, 0) is 31.0 Å². The first-order valence-corrected chi connectivity index (χ1v) is 13.4. The molecule has 0 bridgehead atoms. The minimum absolute atomic E-state index is 0. The van der Waals surface area contributed by atoms with E-state index in [0.29, 0.717) is 16.1 Å². The number of nitrogens with one attached hydrogen (secondary N) is 1. The molecule has 0 saturated heterocycles. The van der Waals surface area contributed by atoms with Gasteiger partial charge in [-0.15, -0.1) is 11.6 Å². The maximum atomic E-state index is 12.9. The standard InChI is InChI=1S/C32H31ClN3O4.Li/c1-4-10-24-15-16-27(28(19-35-22(3)34)32(24)25-13-9-14-26(33)17-25)29(40-21-23-11-7-6-8-12-23)18-30(37)36-20-31(38)39-5-2;/h6-9,11-17H,4-5,10,20-21H2,1-3H3,(H,36,37);/q-3;+1. The molecule has 0 aliphatic heterocycles. The Hall–Kier alpha value is -3.63. The van der Waals surface area contributed by atoms with Gasteiger partial charge >= 0.3 is 24.8 Å². The van der Waals surface area contributed by atoms with Crippen molar-refractivity contribution in [2.45, 2.75) is 40.2 Å². The Morgan fingerprint density at radius 3 is 2.44 bits per heavy atom. The molecule has 0 unspecified atom stereocenters. The number of nitrogens with zero attached hydrogens (tertiary/aromatic N) is 2. The summed E-state index contributed by atoms with van der Waals surface area (Å²) in [6.45, 7) is 5.25. The molecule has 3 rings (SSSR count). The van der Waals surface area contributed by atoms with Crippen LogP contribution in [-0.4, -0.2) is 37.1 Å². The largest absolute Gasteiger partial charge is 1.00 e.